The fourth-order valence-electron chi connectivity index (χ4n) is 4.44. The van der Waals surface area contributed by atoms with E-state index < -0.39 is 0 Å². The third kappa shape index (κ3) is 4.69. The molecule has 2 amide bonds. The van der Waals surface area contributed by atoms with Gasteiger partial charge in [-0.15, -0.1) is 5.10 Å². The van der Waals surface area contributed by atoms with Gasteiger partial charge >= 0.3 is 0 Å². The Bertz CT molecular complexity index is 1450. The van der Waals surface area contributed by atoms with Gasteiger partial charge in [0.2, 0.25) is 0 Å². The van der Waals surface area contributed by atoms with Gasteiger partial charge in [-0.3, -0.25) is 14.3 Å². The second kappa shape index (κ2) is 10.0. The van der Waals surface area contributed by atoms with Crippen molar-refractivity contribution < 1.29 is 14.7 Å². The average molecular weight is 483 g/mol. The molecule has 0 unspecified atom stereocenters. The molecule has 182 valence electrons. The molecule has 9 nitrogen and oxygen atoms in total. The molecule has 0 spiro atoms. The van der Waals surface area contributed by atoms with Crippen LogP contribution in [0.15, 0.2) is 60.9 Å². The van der Waals surface area contributed by atoms with E-state index in [9.17, 15) is 14.7 Å². The van der Waals surface area contributed by atoms with Crippen LogP contribution in [-0.2, 0) is 17.8 Å². The van der Waals surface area contributed by atoms with Crippen LogP contribution in [0, 0.1) is 6.92 Å². The number of hydrogen-bond donors (Lipinski definition) is 4. The number of aliphatic hydroxyl groups excluding tert-OH is 1. The summed E-state index contributed by atoms with van der Waals surface area (Å²) in [6.45, 7) is 2.83. The van der Waals surface area contributed by atoms with E-state index >= 15 is 0 Å². The zero-order chi connectivity index (χ0) is 25.1. The Kier molecular flexibility index (Phi) is 6.46. The summed E-state index contributed by atoms with van der Waals surface area (Å²) in [5.41, 5.74) is 6.69. The number of H-pyrrole nitrogens is 1. The Balaban J connectivity index is 1.48. The van der Waals surface area contributed by atoms with Crippen LogP contribution < -0.4 is 10.6 Å². The van der Waals surface area contributed by atoms with Gasteiger partial charge in [0.05, 0.1) is 29.6 Å². The summed E-state index contributed by atoms with van der Waals surface area (Å²) in [4.78, 5) is 29.2. The van der Waals surface area contributed by atoms with E-state index in [4.69, 9.17) is 0 Å². The summed E-state index contributed by atoms with van der Waals surface area (Å²) in [5.74, 6) is -0.469. The predicted molar refractivity (Wildman–Crippen MR) is 137 cm³/mol. The lowest BCUT2D eigenvalue weighted by atomic mass is 9.93. The van der Waals surface area contributed by atoms with Crippen LogP contribution in [0.3, 0.4) is 0 Å². The van der Waals surface area contributed by atoms with Crippen molar-refractivity contribution in [1.29, 1.82) is 0 Å². The van der Waals surface area contributed by atoms with Crippen LogP contribution in [0.4, 0.5) is 5.69 Å². The highest BCUT2D eigenvalue weighted by molar-refractivity contribution is 6.36. The minimum atomic E-state index is -0.241. The fourth-order valence-corrected chi connectivity index (χ4v) is 4.44. The highest BCUT2D eigenvalue weighted by Gasteiger charge is 2.28. The summed E-state index contributed by atoms with van der Waals surface area (Å²) in [7, 11) is 0. The van der Waals surface area contributed by atoms with Crippen LogP contribution in [0.25, 0.3) is 22.8 Å². The number of aromatic amines is 1. The van der Waals surface area contributed by atoms with Crippen LogP contribution in [-0.4, -0.2) is 50.1 Å². The minimum absolute atomic E-state index is 0.0669. The molecule has 1 aliphatic rings. The summed E-state index contributed by atoms with van der Waals surface area (Å²) >= 11 is 0. The second-order valence-electron chi connectivity index (χ2n) is 8.62. The monoisotopic (exact) mass is 482 g/mol. The summed E-state index contributed by atoms with van der Waals surface area (Å²) < 4.78 is 1.64. The first-order chi connectivity index (χ1) is 17.5. The number of fused-ring (bicyclic) bond motifs is 1. The Morgan fingerprint density at radius 1 is 1.19 bits per heavy atom. The van der Waals surface area contributed by atoms with Crippen LogP contribution >= 0.6 is 0 Å². The second-order valence-corrected chi connectivity index (χ2v) is 8.62. The maximum Gasteiger partial charge on any atom is 0.256 e. The Morgan fingerprint density at radius 2 is 2.06 bits per heavy atom. The van der Waals surface area contributed by atoms with Crippen LogP contribution in [0.1, 0.15) is 32.9 Å². The average Bonchev–Trinajstić information content (AvgIpc) is 3.59. The molecule has 0 atom stereocenters. The molecule has 9 heteroatoms. The van der Waals surface area contributed by atoms with Gasteiger partial charge in [-0.1, -0.05) is 41.6 Å². The third-order valence-corrected chi connectivity index (χ3v) is 6.08. The number of nitrogens with zero attached hydrogens (tertiary/aromatic N) is 3. The molecule has 4 aromatic rings. The first-order valence-corrected chi connectivity index (χ1v) is 11.7. The van der Waals surface area contributed by atoms with E-state index in [1.807, 2.05) is 49.4 Å². The van der Waals surface area contributed by atoms with Crippen LogP contribution in [0.5, 0.6) is 0 Å². The largest absolute Gasteiger partial charge is 0.396 e. The fraction of sp³-hybridized carbons (Fsp3) is 0.185. The summed E-state index contributed by atoms with van der Waals surface area (Å²) in [6.07, 6.45) is 5.61. The van der Waals surface area contributed by atoms with Crippen molar-refractivity contribution in [3.63, 3.8) is 0 Å². The van der Waals surface area contributed by atoms with Gasteiger partial charge in [0, 0.05) is 36.3 Å². The van der Waals surface area contributed by atoms with Crippen molar-refractivity contribution in [2.45, 2.75) is 19.9 Å². The molecule has 36 heavy (non-hydrogen) atoms. The molecule has 2 aromatic heterocycles. The summed E-state index contributed by atoms with van der Waals surface area (Å²) in [6, 6.07) is 15.5. The molecular formula is C27H26N6O3. The molecule has 5 rings (SSSR count). The molecule has 0 saturated heterocycles. The lowest BCUT2D eigenvalue weighted by molar-refractivity contribution is -0.110. The van der Waals surface area contributed by atoms with E-state index in [0.717, 1.165) is 33.6 Å². The molecular weight excluding hydrogens is 456 g/mol. The quantitative estimate of drug-likeness (QED) is 0.287. The Morgan fingerprint density at radius 3 is 2.86 bits per heavy atom. The molecule has 0 fully saturated rings. The highest BCUT2D eigenvalue weighted by Crippen LogP contribution is 2.40. The SMILES string of the molecule is Cc1cc(C(=O)NCCn2ccnn2)c(C=C2C(=O)Nc3cccc(-c4cccc(CCO)c4)c32)[nH]1. The van der Waals surface area contributed by atoms with Crippen molar-refractivity contribution in [2.75, 3.05) is 18.5 Å². The van der Waals surface area contributed by atoms with Gasteiger partial charge in [0.25, 0.3) is 11.8 Å². The van der Waals surface area contributed by atoms with Gasteiger partial charge < -0.3 is 20.7 Å². The number of benzene rings is 2. The van der Waals surface area contributed by atoms with E-state index in [0.29, 0.717) is 36.3 Å². The van der Waals surface area contributed by atoms with Crippen LogP contribution in [0.2, 0.25) is 0 Å². The number of carbonyl (C=O) groups is 2. The number of rotatable bonds is 8. The zero-order valence-corrected chi connectivity index (χ0v) is 19.8. The number of carbonyl (C=O) groups excluding carboxylic acids is 2. The molecule has 0 radical (unpaired) electrons. The highest BCUT2D eigenvalue weighted by atomic mass is 16.3. The first-order valence-electron chi connectivity index (χ1n) is 11.7. The summed E-state index contributed by atoms with van der Waals surface area (Å²) in [5, 5.41) is 22.9. The topological polar surface area (TPSA) is 125 Å². The van der Waals surface area contributed by atoms with E-state index in [1.54, 1.807) is 29.2 Å². The first kappa shape index (κ1) is 23.3. The van der Waals surface area contributed by atoms with Gasteiger partial charge in [-0.05, 0) is 48.2 Å². The molecule has 2 aromatic carbocycles. The van der Waals surface area contributed by atoms with Crippen molar-refractivity contribution in [2.24, 2.45) is 0 Å². The van der Waals surface area contributed by atoms with E-state index in [1.165, 1.54) is 0 Å². The third-order valence-electron chi connectivity index (χ3n) is 6.08. The number of nitrogens with one attached hydrogen (secondary N) is 3. The Hall–Kier alpha value is -4.50. The Labute approximate surface area is 207 Å². The molecule has 0 saturated carbocycles. The minimum Gasteiger partial charge on any atom is -0.396 e. The lowest BCUT2D eigenvalue weighted by Gasteiger charge is -2.10. The normalized spacial score (nSPS) is 13.6. The van der Waals surface area contributed by atoms with Crippen molar-refractivity contribution in [3.05, 3.63) is 89.0 Å². The van der Waals surface area contributed by atoms with Gasteiger partial charge in [-0.25, -0.2) is 0 Å². The number of aryl methyl sites for hydroxylation is 1. The zero-order valence-electron chi connectivity index (χ0n) is 19.8. The lowest BCUT2D eigenvalue weighted by Crippen LogP contribution is -2.27. The predicted octanol–water partition coefficient (Wildman–Crippen LogP) is 3.04. The van der Waals surface area contributed by atoms with E-state index in [2.05, 4.69) is 25.9 Å². The smallest absolute Gasteiger partial charge is 0.256 e. The van der Waals surface area contributed by atoms with Crippen molar-refractivity contribution >= 4 is 29.2 Å². The maximum atomic E-state index is 13.0. The molecule has 0 bridgehead atoms. The van der Waals surface area contributed by atoms with Gasteiger partial charge in [0.15, 0.2) is 0 Å². The standard InChI is InChI=1S/C27H26N6O3/c1-17-14-21(26(35)28-9-11-33-12-10-29-32-33)24(30-17)16-22-25-20(6-3-7-23(25)31-27(22)36)19-5-2-4-18(15-19)8-13-34/h2-7,10,12,14-16,30,34H,8-9,11,13H2,1H3,(H,28,35)(H,31,36). The van der Waals surface area contributed by atoms with Crippen molar-refractivity contribution in [1.82, 2.24) is 25.3 Å². The van der Waals surface area contributed by atoms with Gasteiger partial charge in [-0.2, -0.15) is 0 Å². The van der Waals surface area contributed by atoms with Gasteiger partial charge in [0.1, 0.15) is 0 Å². The molecule has 3 heterocycles. The van der Waals surface area contributed by atoms with Crippen molar-refractivity contribution in [3.8, 4) is 11.1 Å². The molecule has 0 aliphatic carbocycles. The molecule has 4 N–H and O–H groups in total. The number of anilines is 1. The maximum absolute atomic E-state index is 13.0. The molecule has 1 aliphatic heterocycles. The number of aliphatic hydroxyl groups is 1. The number of hydrogen-bond acceptors (Lipinski definition) is 5. The van der Waals surface area contributed by atoms with E-state index in [-0.39, 0.29) is 18.4 Å². The number of amides is 2. The number of aromatic nitrogens is 4.